The van der Waals surface area contributed by atoms with Gasteiger partial charge in [0.1, 0.15) is 11.5 Å². The van der Waals surface area contributed by atoms with E-state index in [2.05, 4.69) is 77.3 Å². The first kappa shape index (κ1) is 39.3. The standard InChI is InChI=1S/C45H48N8O6/c1-26-22-30(8-15-35(26)27(2)47-43(56)41-49-44(59-52-41)45(3,4)5)39-36-23-31(24-46-40(36)51-50-39)29-6-9-32(10-7-29)53-20-18-28(19-21-53)25-57-33-11-13-34(14-12-33)58-37-16-17-38(54)48-42(37)55/h6-15,22-24,27-28,37H,16-21,25H2,1-5H3,(H,47,56)(H,46,50,51)(H,48,54,55)/t27-,37?/m1/s1. The lowest BCUT2D eigenvalue weighted by Crippen LogP contribution is -2.46. The number of nitrogens with one attached hydrogen (secondary N) is 3. The van der Waals surface area contributed by atoms with Crippen molar-refractivity contribution in [2.45, 2.75) is 77.9 Å². The number of pyridine rings is 1. The molecule has 2 saturated heterocycles. The van der Waals surface area contributed by atoms with Crippen molar-refractivity contribution in [3.05, 3.63) is 102 Å². The van der Waals surface area contributed by atoms with E-state index in [1.54, 1.807) is 12.1 Å². The minimum Gasteiger partial charge on any atom is -0.493 e. The van der Waals surface area contributed by atoms with Crippen molar-refractivity contribution >= 4 is 34.4 Å². The van der Waals surface area contributed by atoms with Gasteiger partial charge in [0.15, 0.2) is 11.8 Å². The van der Waals surface area contributed by atoms with Gasteiger partial charge < -0.3 is 24.2 Å². The molecule has 3 aromatic carbocycles. The molecule has 304 valence electrons. The molecule has 3 amide bonds. The second-order valence-corrected chi connectivity index (χ2v) is 16.5. The Morgan fingerprint density at radius 1 is 0.949 bits per heavy atom. The van der Waals surface area contributed by atoms with Crippen LogP contribution in [-0.4, -0.2) is 68.8 Å². The predicted octanol–water partition coefficient (Wildman–Crippen LogP) is 7.25. The number of imide groups is 1. The number of benzene rings is 3. The van der Waals surface area contributed by atoms with Crippen LogP contribution < -0.4 is 25.0 Å². The van der Waals surface area contributed by atoms with Gasteiger partial charge in [-0.25, -0.2) is 4.98 Å². The molecule has 2 atom stereocenters. The minimum atomic E-state index is -0.661. The smallest absolute Gasteiger partial charge is 0.293 e. The van der Waals surface area contributed by atoms with Crippen molar-refractivity contribution in [1.29, 1.82) is 0 Å². The number of aromatic amines is 1. The van der Waals surface area contributed by atoms with Crippen LogP contribution in [0, 0.1) is 12.8 Å². The number of hydrogen-bond donors (Lipinski definition) is 3. The average Bonchev–Trinajstić information content (AvgIpc) is 3.91. The summed E-state index contributed by atoms with van der Waals surface area (Å²) in [4.78, 5) is 47.7. The number of rotatable bonds is 11. The number of hydrogen-bond acceptors (Lipinski definition) is 11. The number of anilines is 1. The monoisotopic (exact) mass is 796 g/mol. The molecule has 14 nitrogen and oxygen atoms in total. The quantitative estimate of drug-likeness (QED) is 0.113. The van der Waals surface area contributed by atoms with Crippen LogP contribution >= 0.6 is 0 Å². The maximum Gasteiger partial charge on any atom is 0.293 e. The first-order chi connectivity index (χ1) is 28.4. The van der Waals surface area contributed by atoms with Crippen molar-refractivity contribution in [2.24, 2.45) is 5.92 Å². The van der Waals surface area contributed by atoms with E-state index in [4.69, 9.17) is 14.0 Å². The molecule has 0 spiro atoms. The SMILES string of the molecule is Cc1cc(-c2[nH]nc3ncc(-c4ccc(N5CCC(COc6ccc(OC7CCC(=O)NC7=O)cc6)CC5)cc4)cc23)ccc1[C@@H](C)NC(=O)c1noc(C(C)(C)C)n1. The molecule has 0 saturated carbocycles. The highest BCUT2D eigenvalue weighted by Gasteiger charge is 2.29. The number of carbonyl (C=O) groups is 3. The van der Waals surface area contributed by atoms with Crippen LogP contribution in [0.3, 0.4) is 0 Å². The number of H-pyrrole nitrogens is 1. The molecule has 3 aromatic heterocycles. The number of piperidine rings is 2. The zero-order valence-electron chi connectivity index (χ0n) is 33.9. The topological polar surface area (TPSA) is 177 Å². The van der Waals surface area contributed by atoms with Gasteiger partial charge in [0.05, 0.1) is 18.3 Å². The van der Waals surface area contributed by atoms with E-state index in [9.17, 15) is 14.4 Å². The fourth-order valence-corrected chi connectivity index (χ4v) is 7.56. The Kier molecular flexibility index (Phi) is 10.9. The average molecular weight is 797 g/mol. The summed E-state index contributed by atoms with van der Waals surface area (Å²) < 4.78 is 17.2. The summed E-state index contributed by atoms with van der Waals surface area (Å²) in [6, 6.07) is 23.9. The molecule has 2 aliphatic rings. The van der Waals surface area contributed by atoms with Gasteiger partial charge in [-0.1, -0.05) is 50.2 Å². The highest BCUT2D eigenvalue weighted by molar-refractivity contribution is 6.00. The van der Waals surface area contributed by atoms with Crippen molar-refractivity contribution in [3.63, 3.8) is 0 Å². The van der Waals surface area contributed by atoms with E-state index in [0.717, 1.165) is 70.6 Å². The van der Waals surface area contributed by atoms with Crippen LogP contribution in [0.15, 0.2) is 83.5 Å². The zero-order chi connectivity index (χ0) is 41.3. The molecule has 1 unspecified atom stereocenters. The fourth-order valence-electron chi connectivity index (χ4n) is 7.56. The normalized spacial score (nSPS) is 16.8. The van der Waals surface area contributed by atoms with Crippen LogP contribution in [0.25, 0.3) is 33.4 Å². The van der Waals surface area contributed by atoms with E-state index in [-0.39, 0.29) is 35.5 Å². The summed E-state index contributed by atoms with van der Waals surface area (Å²) in [7, 11) is 0. The summed E-state index contributed by atoms with van der Waals surface area (Å²) in [5.74, 6) is 1.16. The van der Waals surface area contributed by atoms with Crippen LogP contribution in [0.4, 0.5) is 5.69 Å². The van der Waals surface area contributed by atoms with Gasteiger partial charge in [-0.15, -0.1) is 0 Å². The highest BCUT2D eigenvalue weighted by Crippen LogP contribution is 2.33. The number of nitrogens with zero attached hydrogens (tertiary/aromatic N) is 5. The van der Waals surface area contributed by atoms with Crippen LogP contribution in [0.1, 0.15) is 87.1 Å². The molecule has 2 fully saturated rings. The van der Waals surface area contributed by atoms with Crippen molar-refractivity contribution in [1.82, 2.24) is 36.0 Å². The molecular formula is C45H48N8O6. The van der Waals surface area contributed by atoms with Gasteiger partial charge in [0.25, 0.3) is 17.6 Å². The summed E-state index contributed by atoms with van der Waals surface area (Å²) in [6.45, 7) is 12.3. The number of ether oxygens (including phenoxy) is 2. The molecule has 0 radical (unpaired) electrons. The highest BCUT2D eigenvalue weighted by atomic mass is 16.5. The Labute approximate surface area is 342 Å². The predicted molar refractivity (Wildman–Crippen MR) is 222 cm³/mol. The Morgan fingerprint density at radius 3 is 2.37 bits per heavy atom. The summed E-state index contributed by atoms with van der Waals surface area (Å²) in [6.07, 6.45) is 3.90. The lowest BCUT2D eigenvalue weighted by molar-refractivity contribution is -0.138. The first-order valence-corrected chi connectivity index (χ1v) is 20.1. The number of aromatic nitrogens is 5. The Balaban J connectivity index is 0.852. The molecule has 3 N–H and O–H groups in total. The largest absolute Gasteiger partial charge is 0.493 e. The van der Waals surface area contributed by atoms with E-state index in [1.165, 1.54) is 5.69 Å². The summed E-state index contributed by atoms with van der Waals surface area (Å²) in [5.41, 5.74) is 7.38. The molecule has 0 aliphatic carbocycles. The van der Waals surface area contributed by atoms with E-state index < -0.39 is 12.0 Å². The first-order valence-electron chi connectivity index (χ1n) is 20.1. The molecule has 6 aromatic rings. The van der Waals surface area contributed by atoms with E-state index in [0.29, 0.717) is 36.2 Å². The Bertz CT molecular complexity index is 2480. The lowest BCUT2D eigenvalue weighted by Gasteiger charge is -2.33. The third-order valence-electron chi connectivity index (χ3n) is 11.0. The second kappa shape index (κ2) is 16.4. The fraction of sp³-hybridized carbons (Fsp3) is 0.356. The molecule has 2 aliphatic heterocycles. The maximum atomic E-state index is 12.9. The van der Waals surface area contributed by atoms with Gasteiger partial charge in [-0.3, -0.25) is 24.8 Å². The molecular weight excluding hydrogens is 749 g/mol. The van der Waals surface area contributed by atoms with Gasteiger partial charge >= 0.3 is 0 Å². The van der Waals surface area contributed by atoms with Crippen LogP contribution in [0.2, 0.25) is 0 Å². The van der Waals surface area contributed by atoms with Crippen LogP contribution in [0.5, 0.6) is 11.5 Å². The minimum absolute atomic E-state index is 0.0175. The maximum absolute atomic E-state index is 12.9. The molecule has 59 heavy (non-hydrogen) atoms. The van der Waals surface area contributed by atoms with Gasteiger partial charge in [-0.05, 0) is 97.8 Å². The van der Waals surface area contributed by atoms with Gasteiger partial charge in [0.2, 0.25) is 11.8 Å². The number of fused-ring (bicyclic) bond motifs is 1. The zero-order valence-corrected chi connectivity index (χ0v) is 33.9. The lowest BCUT2D eigenvalue weighted by atomic mass is 9.96. The van der Waals surface area contributed by atoms with Crippen molar-refractivity contribution < 1.29 is 28.4 Å². The third kappa shape index (κ3) is 8.81. The second-order valence-electron chi connectivity index (χ2n) is 16.5. The summed E-state index contributed by atoms with van der Waals surface area (Å²) >= 11 is 0. The van der Waals surface area contributed by atoms with Gasteiger partial charge in [0, 0.05) is 59.7 Å². The number of amides is 3. The van der Waals surface area contributed by atoms with Crippen molar-refractivity contribution in [3.8, 4) is 33.9 Å². The molecule has 0 bridgehead atoms. The molecule has 14 heteroatoms. The summed E-state index contributed by atoms with van der Waals surface area (Å²) in [5, 5.41) is 17.8. The molecule has 8 rings (SSSR count). The Morgan fingerprint density at radius 2 is 1.68 bits per heavy atom. The van der Waals surface area contributed by atoms with E-state index in [1.807, 2.05) is 65.1 Å². The Hall–Kier alpha value is -6.57. The molecule has 5 heterocycles. The van der Waals surface area contributed by atoms with Crippen molar-refractivity contribution in [2.75, 3.05) is 24.6 Å². The number of aryl methyl sites for hydroxylation is 1. The number of carbonyl (C=O) groups excluding carboxylic acids is 3. The van der Waals surface area contributed by atoms with E-state index >= 15 is 0 Å². The van der Waals surface area contributed by atoms with Crippen LogP contribution in [-0.2, 0) is 15.0 Å². The van der Waals surface area contributed by atoms with Gasteiger partial charge in [-0.2, -0.15) is 10.1 Å². The third-order valence-corrected chi connectivity index (χ3v) is 11.0.